The lowest BCUT2D eigenvalue weighted by molar-refractivity contribution is -0.921. The first kappa shape index (κ1) is 17.1. The zero-order chi connectivity index (χ0) is 18.0. The second-order valence-corrected chi connectivity index (χ2v) is 8.67. The van der Waals surface area contributed by atoms with Crippen molar-refractivity contribution < 1.29 is 18.3 Å². The van der Waals surface area contributed by atoms with E-state index in [4.69, 9.17) is 0 Å². The Bertz CT molecular complexity index is 998. The van der Waals surface area contributed by atoms with Gasteiger partial charge in [-0.15, -0.1) is 0 Å². The maximum Gasteiger partial charge on any atom is 0.243 e. The van der Waals surface area contributed by atoms with Gasteiger partial charge in [-0.05, 0) is 29.0 Å². The second-order valence-electron chi connectivity index (χ2n) is 6.73. The number of aromatic amines is 1. The summed E-state index contributed by atoms with van der Waals surface area (Å²) < 4.78 is 27.6. The summed E-state index contributed by atoms with van der Waals surface area (Å²) in [6.45, 7) is 3.63. The Labute approximate surface area is 153 Å². The molecule has 1 aliphatic heterocycles. The van der Waals surface area contributed by atoms with Crippen LogP contribution in [0, 0.1) is 0 Å². The lowest BCUT2D eigenvalue weighted by Gasteiger charge is -2.30. The molecule has 134 valence electrons. The number of quaternary nitrogens is 1. The predicted molar refractivity (Wildman–Crippen MR) is 100 cm³/mol. The van der Waals surface area contributed by atoms with Crippen molar-refractivity contribution in [3.63, 3.8) is 0 Å². The highest BCUT2D eigenvalue weighted by atomic mass is 32.2. The molecule has 5 nitrogen and oxygen atoms in total. The number of benzene rings is 2. The van der Waals surface area contributed by atoms with Crippen LogP contribution < -0.4 is 9.88 Å². The van der Waals surface area contributed by atoms with Crippen LogP contribution in [-0.4, -0.2) is 38.9 Å². The summed E-state index contributed by atoms with van der Waals surface area (Å²) in [5.41, 5.74) is 1.17. The molecule has 0 saturated carbocycles. The Morgan fingerprint density at radius 2 is 1.65 bits per heavy atom. The van der Waals surface area contributed by atoms with Crippen LogP contribution >= 0.6 is 0 Å². The van der Waals surface area contributed by atoms with E-state index in [2.05, 4.69) is 11.1 Å². The molecule has 0 radical (unpaired) electrons. The number of nitrogens with one attached hydrogen (secondary N) is 2. The molecular formula is C20H23N3O2S+2. The lowest BCUT2D eigenvalue weighted by Crippen LogP contribution is -3.13. The number of hydrogen-bond acceptors (Lipinski definition) is 2. The fourth-order valence-corrected chi connectivity index (χ4v) is 4.98. The number of piperazine rings is 1. The first-order chi connectivity index (χ1) is 12.6. The van der Waals surface area contributed by atoms with Crippen LogP contribution in [0.2, 0.25) is 0 Å². The van der Waals surface area contributed by atoms with Gasteiger partial charge in [-0.25, -0.2) is 13.4 Å². The molecule has 2 N–H and O–H groups in total. The number of pyridine rings is 1. The van der Waals surface area contributed by atoms with Crippen molar-refractivity contribution in [1.29, 1.82) is 0 Å². The maximum atomic E-state index is 13.0. The molecule has 0 aliphatic carbocycles. The highest BCUT2D eigenvalue weighted by Crippen LogP contribution is 2.21. The fraction of sp³-hybridized carbons (Fsp3) is 0.250. The van der Waals surface area contributed by atoms with Gasteiger partial charge in [0, 0.05) is 12.1 Å². The van der Waals surface area contributed by atoms with Crippen LogP contribution in [0.3, 0.4) is 0 Å². The van der Waals surface area contributed by atoms with Crippen LogP contribution in [0.4, 0.5) is 0 Å². The summed E-state index contributed by atoms with van der Waals surface area (Å²) in [5.74, 6) is 0. The average Bonchev–Trinajstić information content (AvgIpc) is 2.69. The Hall–Kier alpha value is -2.28. The molecule has 0 amide bonds. The smallest absolute Gasteiger partial charge is 0.243 e. The van der Waals surface area contributed by atoms with Crippen LogP contribution in [0.15, 0.2) is 71.8 Å². The van der Waals surface area contributed by atoms with Crippen molar-refractivity contribution in [2.45, 2.75) is 11.4 Å². The largest absolute Gasteiger partial charge is 0.324 e. The van der Waals surface area contributed by atoms with Crippen LogP contribution in [-0.2, 0) is 16.6 Å². The second kappa shape index (κ2) is 7.15. The molecule has 0 bridgehead atoms. The van der Waals surface area contributed by atoms with Crippen molar-refractivity contribution in [2.75, 3.05) is 26.2 Å². The normalized spacial score (nSPS) is 16.8. The summed E-state index contributed by atoms with van der Waals surface area (Å²) >= 11 is 0. The molecule has 0 spiro atoms. The molecule has 2 heterocycles. The lowest BCUT2D eigenvalue weighted by atomic mass is 10.1. The van der Waals surface area contributed by atoms with Crippen molar-refractivity contribution in [2.24, 2.45) is 0 Å². The SMILES string of the molecule is O=S(=O)(c1ccc2ccccc2c1)N1CC[NH+](Cc2cccc[nH+]2)CC1. The maximum absolute atomic E-state index is 13.0. The third-order valence-electron chi connectivity index (χ3n) is 5.00. The van der Waals surface area contributed by atoms with Crippen molar-refractivity contribution in [1.82, 2.24) is 4.31 Å². The van der Waals surface area contributed by atoms with Crippen LogP contribution in [0.1, 0.15) is 5.69 Å². The molecule has 3 aromatic rings. The number of fused-ring (bicyclic) bond motifs is 1. The molecule has 1 saturated heterocycles. The third-order valence-corrected chi connectivity index (χ3v) is 6.90. The van der Waals surface area contributed by atoms with Gasteiger partial charge in [0.05, 0.1) is 31.1 Å². The first-order valence-corrected chi connectivity index (χ1v) is 10.3. The Balaban J connectivity index is 1.47. The average molecular weight is 369 g/mol. The van der Waals surface area contributed by atoms with E-state index in [1.807, 2.05) is 48.7 Å². The molecular weight excluding hydrogens is 346 g/mol. The standard InChI is InChI=1S/C20H21N3O2S/c24-26(25,20-9-8-17-5-1-2-6-18(17)15-20)23-13-11-22(12-14-23)16-19-7-3-4-10-21-19/h1-10,15H,11-14,16H2/p+2. The Morgan fingerprint density at radius 1 is 0.923 bits per heavy atom. The molecule has 0 atom stereocenters. The van der Waals surface area contributed by atoms with Crippen LogP contribution in [0.5, 0.6) is 0 Å². The number of sulfonamides is 1. The molecule has 4 rings (SSSR count). The van der Waals surface area contributed by atoms with E-state index in [9.17, 15) is 8.42 Å². The van der Waals surface area contributed by atoms with E-state index in [1.54, 1.807) is 16.4 Å². The van der Waals surface area contributed by atoms with Gasteiger partial charge in [0.15, 0.2) is 12.7 Å². The van der Waals surface area contributed by atoms with Gasteiger partial charge < -0.3 is 4.90 Å². The van der Waals surface area contributed by atoms with E-state index < -0.39 is 10.0 Å². The summed E-state index contributed by atoms with van der Waals surface area (Å²) in [5, 5.41) is 2.01. The third kappa shape index (κ3) is 3.49. The molecule has 2 aromatic carbocycles. The minimum absolute atomic E-state index is 0.385. The zero-order valence-corrected chi connectivity index (χ0v) is 15.4. The van der Waals surface area contributed by atoms with Crippen LogP contribution in [0.25, 0.3) is 10.8 Å². The van der Waals surface area contributed by atoms with E-state index >= 15 is 0 Å². The monoisotopic (exact) mass is 369 g/mol. The van der Waals surface area contributed by atoms with Gasteiger partial charge in [-0.1, -0.05) is 30.3 Å². The summed E-state index contributed by atoms with van der Waals surface area (Å²) in [6.07, 6.45) is 1.93. The number of rotatable bonds is 4. The van der Waals surface area contributed by atoms with Crippen molar-refractivity contribution in [3.05, 3.63) is 72.6 Å². The molecule has 0 unspecified atom stereocenters. The van der Waals surface area contributed by atoms with Gasteiger partial charge in [-0.2, -0.15) is 4.31 Å². The topological polar surface area (TPSA) is 56.0 Å². The first-order valence-electron chi connectivity index (χ1n) is 8.91. The minimum Gasteiger partial charge on any atom is -0.324 e. The highest BCUT2D eigenvalue weighted by Gasteiger charge is 2.31. The van der Waals surface area contributed by atoms with Gasteiger partial charge in [0.1, 0.15) is 0 Å². The van der Waals surface area contributed by atoms with E-state index in [-0.39, 0.29) is 0 Å². The zero-order valence-electron chi connectivity index (χ0n) is 14.6. The summed E-state index contributed by atoms with van der Waals surface area (Å²) in [6, 6.07) is 19.3. The van der Waals surface area contributed by atoms with Crippen molar-refractivity contribution >= 4 is 20.8 Å². The van der Waals surface area contributed by atoms with Crippen molar-refractivity contribution in [3.8, 4) is 0 Å². The summed E-state index contributed by atoms with van der Waals surface area (Å²) in [4.78, 5) is 5.03. The van der Waals surface area contributed by atoms with Gasteiger partial charge in [0.2, 0.25) is 15.7 Å². The predicted octanol–water partition coefficient (Wildman–Crippen LogP) is 0.743. The van der Waals surface area contributed by atoms with E-state index in [1.165, 1.54) is 10.6 Å². The quantitative estimate of drug-likeness (QED) is 0.738. The Morgan fingerprint density at radius 3 is 2.38 bits per heavy atom. The summed E-state index contributed by atoms with van der Waals surface area (Å²) in [7, 11) is -3.44. The molecule has 1 aromatic heterocycles. The number of nitrogens with zero attached hydrogens (tertiary/aromatic N) is 1. The van der Waals surface area contributed by atoms with Gasteiger partial charge in [-0.3, -0.25) is 0 Å². The van der Waals surface area contributed by atoms with Gasteiger partial charge in [0.25, 0.3) is 0 Å². The number of hydrogen-bond donors (Lipinski definition) is 1. The number of aromatic nitrogens is 1. The minimum atomic E-state index is -3.44. The molecule has 1 aliphatic rings. The molecule has 6 heteroatoms. The fourth-order valence-electron chi connectivity index (χ4n) is 3.51. The molecule has 26 heavy (non-hydrogen) atoms. The Kier molecular flexibility index (Phi) is 4.72. The van der Waals surface area contributed by atoms with E-state index in [0.29, 0.717) is 18.0 Å². The van der Waals surface area contributed by atoms with E-state index in [0.717, 1.165) is 30.4 Å². The molecule has 1 fully saturated rings. The highest BCUT2D eigenvalue weighted by molar-refractivity contribution is 7.89. The number of H-pyrrole nitrogens is 1. The van der Waals surface area contributed by atoms with Gasteiger partial charge >= 0.3 is 0 Å².